The number of anilines is 1. The SMILES string of the molecule is COc1cc2cc(c1Cl)N(C)C(=O)C[C@H](OC(=O)[C@H](C)N(C)C(=O)CCSCCS(=O)(=O)CCC(N)=O)[C@]1(C)O[C@@H]1[C@H](C)C1C[C@@](O)(NC(=O)O1)[C@H](OC)/C=C/C=C(\C)C2. The number of amides is 4. The summed E-state index contributed by atoms with van der Waals surface area (Å²) in [5.41, 5.74) is 3.91. The fraction of sp³-hybridized carbons (Fsp3) is 0.625. The minimum absolute atomic E-state index is 0.00706. The van der Waals surface area contributed by atoms with Gasteiger partial charge in [-0.1, -0.05) is 42.3 Å². The third-order valence-electron chi connectivity index (χ3n) is 11.2. The van der Waals surface area contributed by atoms with E-state index in [1.54, 1.807) is 45.2 Å². The van der Waals surface area contributed by atoms with E-state index < -0.39 is 87.3 Å². The molecular weight excluding hydrogens is 844 g/mol. The van der Waals surface area contributed by atoms with Crippen LogP contribution >= 0.6 is 23.4 Å². The lowest BCUT2D eigenvalue weighted by Gasteiger charge is -2.42. The van der Waals surface area contributed by atoms with Crippen LogP contribution in [0.25, 0.3) is 0 Å². The predicted octanol–water partition coefficient (Wildman–Crippen LogP) is 2.93. The van der Waals surface area contributed by atoms with E-state index >= 15 is 0 Å². The Morgan fingerprint density at radius 2 is 1.88 bits per heavy atom. The first-order valence-corrected chi connectivity index (χ1v) is 22.8. The van der Waals surface area contributed by atoms with Gasteiger partial charge in [0.2, 0.25) is 17.7 Å². The predicted molar refractivity (Wildman–Crippen MR) is 225 cm³/mol. The molecule has 2 saturated heterocycles. The van der Waals surface area contributed by atoms with Crippen LogP contribution in [-0.4, -0.2) is 141 Å². The summed E-state index contributed by atoms with van der Waals surface area (Å²) in [5.74, 6) is -2.70. The van der Waals surface area contributed by atoms with Crippen LogP contribution in [0.2, 0.25) is 5.02 Å². The van der Waals surface area contributed by atoms with E-state index in [1.165, 1.54) is 49.8 Å². The van der Waals surface area contributed by atoms with Gasteiger partial charge in [0, 0.05) is 57.9 Å². The molecule has 17 nitrogen and oxygen atoms in total. The van der Waals surface area contributed by atoms with Crippen molar-refractivity contribution < 1.29 is 61.2 Å². The summed E-state index contributed by atoms with van der Waals surface area (Å²) in [6, 6.07) is 2.42. The van der Waals surface area contributed by atoms with Gasteiger partial charge in [0.05, 0.1) is 36.8 Å². The monoisotopic (exact) mass is 900 g/mol. The van der Waals surface area contributed by atoms with E-state index in [1.807, 2.05) is 13.0 Å². The van der Waals surface area contributed by atoms with E-state index in [-0.39, 0.29) is 53.7 Å². The van der Waals surface area contributed by atoms with Crippen molar-refractivity contribution in [2.45, 2.75) is 102 Å². The number of nitrogens with zero attached hydrogens (tertiary/aromatic N) is 2. The average molecular weight is 901 g/mol. The number of hydrogen-bond acceptors (Lipinski definition) is 14. The van der Waals surface area contributed by atoms with Crippen molar-refractivity contribution in [3.8, 4) is 5.75 Å². The molecular formula is C40H57ClN4O13S2. The summed E-state index contributed by atoms with van der Waals surface area (Å²) >= 11 is 8.00. The molecule has 0 aliphatic carbocycles. The summed E-state index contributed by atoms with van der Waals surface area (Å²) in [4.78, 5) is 67.6. The number of likely N-dealkylation sites (N-methyl/N-ethyl adjacent to an activating group) is 1. The molecule has 20 heteroatoms. The van der Waals surface area contributed by atoms with E-state index in [2.05, 4.69) is 5.32 Å². The fourth-order valence-corrected chi connectivity index (χ4v) is 10.2. The number of rotatable bonds is 14. The number of fused-ring (bicyclic) bond motifs is 5. The standard InChI is InChI=1S/C40H57ClN4O13S2/c1-23-10-9-11-30(55-8)40(51)22-29(56-38(50)43-40)24(2)36-39(4,58-36)31(21-34(48)45(6)27-19-26(18-23)20-28(54-7)35(27)41)57-37(49)25(3)44(5)33(47)12-14-59-15-17-60(52,53)16-13-32(42)46/h9-11,19-20,24-25,29-31,36,51H,12-18,21-22H2,1-8H3,(H2,42,46)(H,43,50)/b11-9+,23-10+/t24-,25+,29?,30-,31+,36-,39+,40+/m1/s1. The molecule has 4 bridgehead atoms. The van der Waals surface area contributed by atoms with Crippen molar-refractivity contribution in [3.63, 3.8) is 0 Å². The number of primary amides is 1. The first kappa shape index (κ1) is 48.8. The highest BCUT2D eigenvalue weighted by Gasteiger charge is 2.64. The number of nitrogens with one attached hydrogen (secondary N) is 1. The molecule has 0 spiro atoms. The van der Waals surface area contributed by atoms with Gasteiger partial charge in [-0.15, -0.1) is 0 Å². The number of thioether (sulfide) groups is 1. The number of epoxide rings is 1. The summed E-state index contributed by atoms with van der Waals surface area (Å²) < 4.78 is 53.4. The summed E-state index contributed by atoms with van der Waals surface area (Å²) in [5, 5.41) is 14.4. The molecule has 1 unspecified atom stereocenters. The number of carbonyl (C=O) groups is 5. The lowest BCUT2D eigenvalue weighted by molar-refractivity contribution is -0.162. The number of nitrogens with two attached hydrogens (primary N) is 1. The summed E-state index contributed by atoms with van der Waals surface area (Å²) in [6.45, 7) is 6.82. The van der Waals surface area contributed by atoms with E-state index in [9.17, 15) is 37.5 Å². The lowest BCUT2D eigenvalue weighted by atomic mass is 9.83. The Bertz CT molecular complexity index is 1970. The number of benzene rings is 1. The van der Waals surface area contributed by atoms with Crippen LogP contribution < -0.4 is 20.7 Å². The number of halogens is 1. The molecule has 60 heavy (non-hydrogen) atoms. The van der Waals surface area contributed by atoms with Gasteiger partial charge >= 0.3 is 12.1 Å². The van der Waals surface area contributed by atoms with Crippen molar-refractivity contribution >= 4 is 68.7 Å². The maximum Gasteiger partial charge on any atom is 0.409 e. The van der Waals surface area contributed by atoms with Crippen molar-refractivity contribution in [3.05, 3.63) is 46.5 Å². The van der Waals surface area contributed by atoms with Crippen LogP contribution in [0.4, 0.5) is 10.5 Å². The van der Waals surface area contributed by atoms with Crippen LogP contribution in [-0.2, 0) is 54.4 Å². The number of esters is 1. The maximum atomic E-state index is 14.2. The second-order valence-electron chi connectivity index (χ2n) is 15.6. The fourth-order valence-electron chi connectivity index (χ4n) is 7.20. The molecule has 0 saturated carbocycles. The molecule has 3 heterocycles. The Morgan fingerprint density at radius 3 is 2.53 bits per heavy atom. The summed E-state index contributed by atoms with van der Waals surface area (Å²) in [6.07, 6.45) is 0.195. The number of allylic oxidation sites excluding steroid dienone is 3. The molecule has 8 atom stereocenters. The molecule has 2 fully saturated rings. The van der Waals surface area contributed by atoms with Gasteiger partial charge < -0.3 is 44.3 Å². The first-order valence-electron chi connectivity index (χ1n) is 19.5. The van der Waals surface area contributed by atoms with E-state index in [0.717, 1.165) is 11.1 Å². The molecule has 0 aromatic heterocycles. The number of aliphatic hydroxyl groups is 1. The Labute approximate surface area is 360 Å². The van der Waals surface area contributed by atoms with Crippen molar-refractivity contribution in [2.24, 2.45) is 11.7 Å². The highest BCUT2D eigenvalue weighted by atomic mass is 35.5. The van der Waals surface area contributed by atoms with Crippen LogP contribution in [0.1, 0.15) is 58.9 Å². The Kier molecular flexibility index (Phi) is 16.5. The minimum Gasteiger partial charge on any atom is -0.495 e. The van der Waals surface area contributed by atoms with Gasteiger partial charge in [0.15, 0.2) is 15.6 Å². The topological polar surface area (TPSA) is 234 Å². The first-order chi connectivity index (χ1) is 28.0. The zero-order chi connectivity index (χ0) is 44.7. The lowest BCUT2D eigenvalue weighted by Crippen LogP contribution is -2.63. The van der Waals surface area contributed by atoms with Crippen molar-refractivity contribution in [2.75, 3.05) is 56.2 Å². The highest BCUT2D eigenvalue weighted by molar-refractivity contribution is 8.00. The van der Waals surface area contributed by atoms with Crippen LogP contribution in [0.15, 0.2) is 35.9 Å². The molecule has 1 aromatic carbocycles. The largest absolute Gasteiger partial charge is 0.495 e. The number of alkyl carbamates (subject to hydrolysis) is 1. The van der Waals surface area contributed by atoms with E-state index in [4.69, 9.17) is 41.0 Å². The molecule has 4 N–H and O–H groups in total. The van der Waals surface area contributed by atoms with Crippen molar-refractivity contribution in [1.29, 1.82) is 0 Å². The molecule has 3 aliphatic rings. The molecule has 334 valence electrons. The minimum atomic E-state index is -3.48. The molecule has 0 radical (unpaired) electrons. The number of carbonyl (C=O) groups excluding carboxylic acids is 5. The quantitative estimate of drug-likeness (QED) is 0.139. The number of sulfone groups is 1. The van der Waals surface area contributed by atoms with Crippen LogP contribution in [0, 0.1) is 5.92 Å². The van der Waals surface area contributed by atoms with Crippen molar-refractivity contribution in [1.82, 2.24) is 10.2 Å². The third kappa shape index (κ3) is 12.1. The maximum absolute atomic E-state index is 14.2. The number of hydrogen-bond donors (Lipinski definition) is 3. The summed E-state index contributed by atoms with van der Waals surface area (Å²) in [7, 11) is 2.37. The zero-order valence-electron chi connectivity index (χ0n) is 35.2. The third-order valence-corrected chi connectivity index (χ3v) is 14.5. The number of ether oxygens (including phenoxy) is 5. The van der Waals surface area contributed by atoms with Gasteiger partial charge in [0.25, 0.3) is 0 Å². The van der Waals surface area contributed by atoms with Gasteiger partial charge in [0.1, 0.15) is 40.7 Å². The van der Waals surface area contributed by atoms with E-state index in [0.29, 0.717) is 17.9 Å². The number of methoxy groups -OCH3 is 2. The second-order valence-corrected chi connectivity index (χ2v) is 19.5. The van der Waals surface area contributed by atoms with Crippen LogP contribution in [0.5, 0.6) is 5.75 Å². The smallest absolute Gasteiger partial charge is 0.409 e. The normalized spacial score (nSPS) is 29.1. The van der Waals surface area contributed by atoms with Crippen LogP contribution in [0.3, 0.4) is 0 Å². The zero-order valence-corrected chi connectivity index (χ0v) is 37.6. The van der Waals surface area contributed by atoms with Gasteiger partial charge in [-0.2, -0.15) is 11.8 Å². The Balaban J connectivity index is 1.60. The Morgan fingerprint density at radius 1 is 1.18 bits per heavy atom. The molecule has 1 aromatic rings. The van der Waals surface area contributed by atoms with Gasteiger partial charge in [-0.05, 0) is 44.9 Å². The molecule has 4 rings (SSSR count). The average Bonchev–Trinajstić information content (AvgIpc) is 3.88. The Hall–Kier alpha value is -3.88. The molecule has 3 aliphatic heterocycles. The van der Waals surface area contributed by atoms with Gasteiger partial charge in [-0.3, -0.25) is 19.7 Å². The second kappa shape index (κ2) is 20.3. The molecule has 4 amide bonds. The highest BCUT2D eigenvalue weighted by Crippen LogP contribution is 2.49. The van der Waals surface area contributed by atoms with Gasteiger partial charge in [-0.25, -0.2) is 18.0 Å².